The molecule has 1 aliphatic carbocycles. The third-order valence-electron chi connectivity index (χ3n) is 7.50. The van der Waals surface area contributed by atoms with Crippen LogP contribution in [-0.2, 0) is 14.8 Å². The summed E-state index contributed by atoms with van der Waals surface area (Å²) in [6, 6.07) is 7.80. The van der Waals surface area contributed by atoms with Crippen LogP contribution in [0.4, 0.5) is 5.69 Å². The first-order valence-electron chi connectivity index (χ1n) is 13.1. The molecule has 208 valence electrons. The minimum atomic E-state index is -3.69. The number of amides is 2. The molecule has 2 aliphatic rings. The summed E-state index contributed by atoms with van der Waals surface area (Å²) in [4.78, 5) is 28.1. The van der Waals surface area contributed by atoms with Gasteiger partial charge in [-0.3, -0.25) is 9.59 Å². The number of ether oxygens (including phenoxy) is 1. The van der Waals surface area contributed by atoms with Gasteiger partial charge in [0.1, 0.15) is 16.1 Å². The maximum Gasteiger partial charge on any atom is 0.258 e. The smallest absolute Gasteiger partial charge is 0.258 e. The molecule has 0 unspecified atom stereocenters. The summed E-state index contributed by atoms with van der Waals surface area (Å²) in [5.41, 5.74) is 0.780. The molecule has 1 aromatic heterocycles. The molecule has 0 bridgehead atoms. The van der Waals surface area contributed by atoms with Gasteiger partial charge in [-0.25, -0.2) is 8.42 Å². The Bertz CT molecular complexity index is 1230. The standard InChI is InChI=1S/C27H37N3O6S2/c1-18-15-30(19(2)17-31)27(33)22-14-21(28-26(32)20-8-5-4-6-9-20)11-12-23(22)36-24(18)16-29(3)38(34,35)25-10-7-13-37-25/h7,10-14,18-20,24,31H,4-6,8-9,15-17H2,1-3H3,(H,28,32)/t18-,19-,24+/m1/s1. The van der Waals surface area contributed by atoms with Crippen LogP contribution in [0.2, 0.25) is 0 Å². The number of nitrogens with one attached hydrogen (secondary N) is 1. The molecule has 3 atom stereocenters. The van der Waals surface area contributed by atoms with E-state index in [1.54, 1.807) is 47.5 Å². The number of sulfonamides is 1. The molecule has 1 aromatic carbocycles. The number of likely N-dealkylation sites (N-methyl/N-ethyl adjacent to an activating group) is 1. The Morgan fingerprint density at radius 2 is 2.00 bits per heavy atom. The van der Waals surface area contributed by atoms with E-state index in [9.17, 15) is 23.1 Å². The fourth-order valence-corrected chi connectivity index (χ4v) is 7.43. The second-order valence-corrected chi connectivity index (χ2v) is 13.6. The second kappa shape index (κ2) is 12.1. The highest BCUT2D eigenvalue weighted by Crippen LogP contribution is 2.32. The first-order chi connectivity index (χ1) is 18.1. The molecule has 11 heteroatoms. The minimum Gasteiger partial charge on any atom is -0.488 e. The van der Waals surface area contributed by atoms with E-state index in [1.807, 2.05) is 6.92 Å². The second-order valence-electron chi connectivity index (χ2n) is 10.4. The molecule has 2 amide bonds. The lowest BCUT2D eigenvalue weighted by atomic mass is 9.88. The maximum absolute atomic E-state index is 13.6. The van der Waals surface area contributed by atoms with E-state index in [-0.39, 0.29) is 53.1 Å². The number of carbonyl (C=O) groups excluding carboxylic acids is 2. The van der Waals surface area contributed by atoms with Gasteiger partial charge in [-0.15, -0.1) is 11.3 Å². The van der Waals surface area contributed by atoms with Crippen LogP contribution in [0.15, 0.2) is 39.9 Å². The Kier molecular flexibility index (Phi) is 9.12. The van der Waals surface area contributed by atoms with Crippen LogP contribution >= 0.6 is 11.3 Å². The summed E-state index contributed by atoms with van der Waals surface area (Å²) in [6.07, 6.45) is 4.40. The van der Waals surface area contributed by atoms with Gasteiger partial charge in [-0.1, -0.05) is 32.3 Å². The number of aliphatic hydroxyl groups excluding tert-OH is 1. The van der Waals surface area contributed by atoms with E-state index >= 15 is 0 Å². The number of carbonyl (C=O) groups is 2. The highest BCUT2D eigenvalue weighted by Gasteiger charge is 2.35. The van der Waals surface area contributed by atoms with Crippen molar-refractivity contribution in [2.75, 3.05) is 32.1 Å². The van der Waals surface area contributed by atoms with Crippen molar-refractivity contribution in [3.8, 4) is 5.75 Å². The Morgan fingerprint density at radius 1 is 1.26 bits per heavy atom. The zero-order chi connectivity index (χ0) is 27.4. The van der Waals surface area contributed by atoms with E-state index in [1.165, 1.54) is 11.4 Å². The number of rotatable bonds is 8. The maximum atomic E-state index is 13.6. The predicted molar refractivity (Wildman–Crippen MR) is 147 cm³/mol. The van der Waals surface area contributed by atoms with Crippen molar-refractivity contribution in [1.82, 2.24) is 9.21 Å². The third kappa shape index (κ3) is 6.22. The molecule has 0 saturated heterocycles. The van der Waals surface area contributed by atoms with Crippen LogP contribution in [-0.4, -0.2) is 73.4 Å². The van der Waals surface area contributed by atoms with Gasteiger partial charge in [0.15, 0.2) is 0 Å². The summed E-state index contributed by atoms with van der Waals surface area (Å²) in [5.74, 6) is -0.293. The molecule has 9 nitrogen and oxygen atoms in total. The number of fused-ring (bicyclic) bond motifs is 1. The first kappa shape index (κ1) is 28.5. The van der Waals surface area contributed by atoms with Gasteiger partial charge in [-0.05, 0) is 49.4 Å². The fraction of sp³-hybridized carbons (Fsp3) is 0.556. The van der Waals surface area contributed by atoms with Crippen molar-refractivity contribution >= 4 is 38.9 Å². The molecular weight excluding hydrogens is 526 g/mol. The van der Waals surface area contributed by atoms with Crippen molar-refractivity contribution in [3.05, 3.63) is 41.3 Å². The quantitative estimate of drug-likeness (QED) is 0.505. The predicted octanol–water partition coefficient (Wildman–Crippen LogP) is 3.81. The van der Waals surface area contributed by atoms with Crippen molar-refractivity contribution in [2.24, 2.45) is 11.8 Å². The third-order valence-corrected chi connectivity index (χ3v) is 10.7. The molecule has 2 heterocycles. The lowest BCUT2D eigenvalue weighted by molar-refractivity contribution is -0.120. The van der Waals surface area contributed by atoms with Gasteiger partial charge in [0.25, 0.3) is 15.9 Å². The number of thiophene rings is 1. The number of benzene rings is 1. The van der Waals surface area contributed by atoms with Crippen molar-refractivity contribution in [3.63, 3.8) is 0 Å². The minimum absolute atomic E-state index is 0.0327. The number of nitrogens with zero attached hydrogens (tertiary/aromatic N) is 2. The molecule has 0 spiro atoms. The average Bonchev–Trinajstić information content (AvgIpc) is 3.47. The average molecular weight is 564 g/mol. The Morgan fingerprint density at radius 3 is 2.66 bits per heavy atom. The number of hydrogen-bond donors (Lipinski definition) is 2. The SMILES string of the molecule is C[C@@H]1CN([C@H](C)CO)C(=O)c2cc(NC(=O)C3CCCCC3)ccc2O[C@H]1CN(C)S(=O)(=O)c1cccs1. The van der Waals surface area contributed by atoms with Crippen LogP contribution in [0, 0.1) is 11.8 Å². The topological polar surface area (TPSA) is 116 Å². The number of hydrogen-bond acceptors (Lipinski definition) is 7. The zero-order valence-corrected chi connectivity index (χ0v) is 23.8. The number of aliphatic hydroxyl groups is 1. The molecule has 4 rings (SSSR count). The van der Waals surface area contributed by atoms with Crippen molar-refractivity contribution in [1.29, 1.82) is 0 Å². The molecule has 1 aliphatic heterocycles. The lowest BCUT2D eigenvalue weighted by Gasteiger charge is -2.38. The molecule has 1 saturated carbocycles. The van der Waals surface area contributed by atoms with Crippen LogP contribution < -0.4 is 10.1 Å². The van der Waals surface area contributed by atoms with Gasteiger partial charge < -0.3 is 20.1 Å². The molecule has 2 aromatic rings. The van der Waals surface area contributed by atoms with Crippen molar-refractivity contribution < 1.29 is 27.9 Å². The van der Waals surface area contributed by atoms with Crippen LogP contribution in [0.5, 0.6) is 5.75 Å². The Labute approximate surface area is 228 Å². The Balaban J connectivity index is 1.62. The summed E-state index contributed by atoms with van der Waals surface area (Å²) in [5, 5.41) is 14.6. The Hall–Kier alpha value is -2.47. The molecule has 38 heavy (non-hydrogen) atoms. The van der Waals surface area contributed by atoms with Crippen LogP contribution in [0.3, 0.4) is 0 Å². The summed E-state index contributed by atoms with van der Waals surface area (Å²) >= 11 is 1.16. The summed E-state index contributed by atoms with van der Waals surface area (Å²) in [6.45, 7) is 3.81. The van der Waals surface area contributed by atoms with Crippen LogP contribution in [0.1, 0.15) is 56.3 Å². The largest absolute Gasteiger partial charge is 0.488 e. The van der Waals surface area contributed by atoms with E-state index < -0.39 is 22.2 Å². The van der Waals surface area contributed by atoms with E-state index in [0.29, 0.717) is 11.4 Å². The van der Waals surface area contributed by atoms with E-state index in [0.717, 1.165) is 43.4 Å². The van der Waals surface area contributed by atoms with Gasteiger partial charge in [0.05, 0.1) is 24.8 Å². The monoisotopic (exact) mass is 563 g/mol. The van der Waals surface area contributed by atoms with Gasteiger partial charge >= 0.3 is 0 Å². The molecule has 1 fully saturated rings. The highest BCUT2D eigenvalue weighted by atomic mass is 32.2. The molecule has 0 radical (unpaired) electrons. The normalized spacial score (nSPS) is 21.8. The van der Waals surface area contributed by atoms with E-state index in [2.05, 4.69) is 5.32 Å². The molecule has 2 N–H and O–H groups in total. The van der Waals surface area contributed by atoms with Gasteiger partial charge in [0, 0.05) is 31.1 Å². The van der Waals surface area contributed by atoms with E-state index in [4.69, 9.17) is 4.74 Å². The lowest BCUT2D eigenvalue weighted by Crippen LogP contribution is -2.50. The fourth-order valence-electron chi connectivity index (χ4n) is 5.04. The van der Waals surface area contributed by atoms with Crippen molar-refractivity contribution in [2.45, 2.75) is 62.3 Å². The van der Waals surface area contributed by atoms with Gasteiger partial charge in [-0.2, -0.15) is 4.31 Å². The van der Waals surface area contributed by atoms with Gasteiger partial charge in [0.2, 0.25) is 5.91 Å². The summed E-state index contributed by atoms with van der Waals surface area (Å²) < 4.78 is 34.0. The summed E-state index contributed by atoms with van der Waals surface area (Å²) in [7, 11) is -2.17. The molecular formula is C27H37N3O6S2. The zero-order valence-electron chi connectivity index (χ0n) is 22.1. The highest BCUT2D eigenvalue weighted by molar-refractivity contribution is 7.91. The first-order valence-corrected chi connectivity index (χ1v) is 15.5. The van der Waals surface area contributed by atoms with Crippen LogP contribution in [0.25, 0.3) is 0 Å². The number of anilines is 1.